The van der Waals surface area contributed by atoms with Crippen LogP contribution >= 0.6 is 11.3 Å². The minimum Gasteiger partial charge on any atom is -0.468 e. The predicted octanol–water partition coefficient (Wildman–Crippen LogP) is 2.54. The van der Waals surface area contributed by atoms with Gasteiger partial charge in [-0.3, -0.25) is 4.79 Å². The van der Waals surface area contributed by atoms with Crippen molar-refractivity contribution in [3.8, 4) is 0 Å². The van der Waals surface area contributed by atoms with E-state index in [1.807, 2.05) is 35.1 Å². The standard InChI is InChI=1S/C12H13O3S3/c1-15-12(13)11(9-5-3-7-16-9)10-6-4-8-18(10)17(2)14/h3-8,11H,1-2H3/q-1. The summed E-state index contributed by atoms with van der Waals surface area (Å²) in [6.45, 7) is 0. The average molecular weight is 301 g/mol. The number of carbonyl (C=O) groups is 1. The lowest BCUT2D eigenvalue weighted by Crippen LogP contribution is -2.17. The fourth-order valence-electron chi connectivity index (χ4n) is 1.72. The first kappa shape index (κ1) is 13.6. The summed E-state index contributed by atoms with van der Waals surface area (Å²) in [4.78, 5) is 13.8. The van der Waals surface area contributed by atoms with E-state index in [4.69, 9.17) is 4.74 Å². The van der Waals surface area contributed by atoms with Crippen LogP contribution < -0.4 is 0 Å². The lowest BCUT2D eigenvalue weighted by molar-refractivity contribution is -0.141. The molecular formula is C12H13O3S3-. The van der Waals surface area contributed by atoms with Gasteiger partial charge >= 0.3 is 5.97 Å². The minimum absolute atomic E-state index is 0.296. The molecule has 2 atom stereocenters. The summed E-state index contributed by atoms with van der Waals surface area (Å²) in [5, 5.41) is 3.82. The van der Waals surface area contributed by atoms with Crippen LogP contribution in [0, 0.1) is 0 Å². The van der Waals surface area contributed by atoms with E-state index in [0.717, 1.165) is 9.78 Å². The maximum Gasteiger partial charge on any atom is 0.318 e. The van der Waals surface area contributed by atoms with E-state index in [0.29, 0.717) is 0 Å². The van der Waals surface area contributed by atoms with Crippen LogP contribution in [0.5, 0.6) is 0 Å². The summed E-state index contributed by atoms with van der Waals surface area (Å²) in [7, 11) is -0.115. The van der Waals surface area contributed by atoms with Crippen molar-refractivity contribution in [1.82, 2.24) is 0 Å². The quantitative estimate of drug-likeness (QED) is 0.636. The predicted molar refractivity (Wildman–Crippen MR) is 77.6 cm³/mol. The molecule has 1 aliphatic heterocycles. The number of carbonyl (C=O) groups excluding carboxylic acids is 1. The average Bonchev–Trinajstić information content (AvgIpc) is 2.99. The molecule has 1 aliphatic rings. The van der Waals surface area contributed by atoms with Crippen molar-refractivity contribution in [1.29, 1.82) is 0 Å². The van der Waals surface area contributed by atoms with Gasteiger partial charge in [-0.05, 0) is 16.4 Å². The van der Waals surface area contributed by atoms with Crippen molar-refractivity contribution in [2.24, 2.45) is 0 Å². The van der Waals surface area contributed by atoms with Crippen LogP contribution in [0.1, 0.15) is 10.8 Å². The van der Waals surface area contributed by atoms with E-state index in [2.05, 4.69) is 0 Å². The Balaban J connectivity index is 2.47. The molecule has 1 aromatic heterocycles. The lowest BCUT2D eigenvalue weighted by atomic mass is 10.1. The summed E-state index contributed by atoms with van der Waals surface area (Å²) < 4.78 is 16.6. The van der Waals surface area contributed by atoms with Gasteiger partial charge < -0.3 is 8.95 Å². The molecule has 1 aromatic rings. The Hall–Kier alpha value is -0.850. The Kier molecular flexibility index (Phi) is 4.42. The summed E-state index contributed by atoms with van der Waals surface area (Å²) in [6.07, 6.45) is 5.41. The molecule has 3 nitrogen and oxygen atoms in total. The first-order chi connectivity index (χ1) is 8.65. The van der Waals surface area contributed by atoms with Crippen LogP contribution in [-0.4, -0.2) is 19.3 Å². The fourth-order valence-corrected chi connectivity index (χ4v) is 6.03. The molecule has 6 heteroatoms. The molecule has 0 fully saturated rings. The molecular weight excluding hydrogens is 288 g/mol. The van der Waals surface area contributed by atoms with Crippen molar-refractivity contribution in [2.45, 2.75) is 5.92 Å². The van der Waals surface area contributed by atoms with E-state index in [-0.39, 0.29) is 5.97 Å². The van der Waals surface area contributed by atoms with Crippen LogP contribution in [0.3, 0.4) is 0 Å². The van der Waals surface area contributed by atoms with Gasteiger partial charge in [-0.2, -0.15) is 0 Å². The smallest absolute Gasteiger partial charge is 0.318 e. The third-order valence-corrected chi connectivity index (χ3v) is 7.61. The van der Waals surface area contributed by atoms with Crippen LogP contribution in [0.2, 0.25) is 0 Å². The first-order valence-corrected chi connectivity index (χ1v) is 9.46. The van der Waals surface area contributed by atoms with E-state index in [1.54, 1.807) is 6.26 Å². The highest BCUT2D eigenvalue weighted by atomic mass is 32.9. The molecule has 0 aliphatic carbocycles. The zero-order valence-corrected chi connectivity index (χ0v) is 12.4. The molecule has 0 bridgehead atoms. The van der Waals surface area contributed by atoms with Gasteiger partial charge in [0.05, 0.1) is 7.11 Å². The molecule has 0 radical (unpaired) electrons. The Morgan fingerprint density at radius 3 is 2.89 bits per heavy atom. The van der Waals surface area contributed by atoms with Crippen LogP contribution in [0.15, 0.2) is 40.0 Å². The third kappa shape index (κ3) is 2.60. The van der Waals surface area contributed by atoms with Crippen LogP contribution in [0.4, 0.5) is 0 Å². The number of ether oxygens (including phenoxy) is 1. The highest BCUT2D eigenvalue weighted by Gasteiger charge is 2.27. The lowest BCUT2D eigenvalue weighted by Gasteiger charge is -2.20. The van der Waals surface area contributed by atoms with E-state index < -0.39 is 24.7 Å². The second-order valence-corrected chi connectivity index (χ2v) is 9.17. The summed E-state index contributed by atoms with van der Waals surface area (Å²) in [5.74, 6) is -0.729. The second-order valence-electron chi connectivity index (χ2n) is 3.57. The monoisotopic (exact) mass is 301 g/mol. The SMILES string of the molecule is COC(=O)C(C1=CC=C/S1=[S-](/C)=O)c1cccs1. The van der Waals surface area contributed by atoms with E-state index in [9.17, 15) is 9.00 Å². The zero-order valence-electron chi connectivity index (χ0n) is 9.99. The highest BCUT2D eigenvalue weighted by Crippen LogP contribution is 2.34. The van der Waals surface area contributed by atoms with Gasteiger partial charge in [-0.15, -0.1) is 17.6 Å². The molecule has 2 rings (SSSR count). The van der Waals surface area contributed by atoms with Gasteiger partial charge in [0.25, 0.3) is 0 Å². The topological polar surface area (TPSA) is 43.4 Å². The summed E-state index contributed by atoms with van der Waals surface area (Å²) >= 11 is 1.51. The number of methoxy groups -OCH3 is 1. The fraction of sp³-hybridized carbons (Fsp3) is 0.250. The van der Waals surface area contributed by atoms with Crippen molar-refractivity contribution >= 4 is 36.1 Å². The zero-order chi connectivity index (χ0) is 13.1. The molecule has 0 N–H and O–H groups in total. The van der Waals surface area contributed by atoms with E-state index in [1.165, 1.54) is 18.4 Å². The molecule has 0 spiro atoms. The van der Waals surface area contributed by atoms with Crippen molar-refractivity contribution in [3.63, 3.8) is 0 Å². The summed E-state index contributed by atoms with van der Waals surface area (Å²) in [5.41, 5.74) is 0. The Morgan fingerprint density at radius 2 is 2.33 bits per heavy atom. The number of thiophene rings is 1. The van der Waals surface area contributed by atoms with Gasteiger partial charge in [0.2, 0.25) is 0 Å². The number of esters is 1. The number of hydrogen-bond acceptors (Lipinski definition) is 5. The summed E-state index contributed by atoms with van der Waals surface area (Å²) in [6, 6.07) is 3.81. The molecule has 0 saturated heterocycles. The highest BCUT2D eigenvalue weighted by molar-refractivity contribution is 8.41. The van der Waals surface area contributed by atoms with Gasteiger partial charge in [0.1, 0.15) is 5.92 Å². The maximum atomic E-state index is 12.0. The molecule has 0 amide bonds. The normalized spacial score (nSPS) is 21.4. The Morgan fingerprint density at radius 1 is 1.56 bits per heavy atom. The van der Waals surface area contributed by atoms with Crippen molar-refractivity contribution in [2.75, 3.05) is 13.4 Å². The van der Waals surface area contributed by atoms with Crippen molar-refractivity contribution in [3.05, 3.63) is 44.9 Å². The molecule has 18 heavy (non-hydrogen) atoms. The van der Waals surface area contributed by atoms with Gasteiger partial charge in [-0.1, -0.05) is 23.6 Å². The molecule has 98 valence electrons. The number of rotatable bonds is 3. The van der Waals surface area contributed by atoms with E-state index >= 15 is 0 Å². The Bertz CT molecular complexity index is 590. The van der Waals surface area contributed by atoms with Crippen LogP contribution in [-0.2, 0) is 32.6 Å². The largest absolute Gasteiger partial charge is 0.468 e. The van der Waals surface area contributed by atoms with Gasteiger partial charge in [0, 0.05) is 4.88 Å². The molecule has 2 heterocycles. The maximum absolute atomic E-state index is 12.0. The number of allylic oxidation sites excluding steroid dienone is 2. The van der Waals surface area contributed by atoms with Gasteiger partial charge in [0.15, 0.2) is 0 Å². The Labute approximate surface area is 114 Å². The molecule has 2 unspecified atom stereocenters. The number of hydrogen-bond donors (Lipinski definition) is 0. The molecule has 0 saturated carbocycles. The first-order valence-electron chi connectivity index (χ1n) is 5.21. The minimum atomic E-state index is -1.00. The molecule has 0 aromatic carbocycles. The van der Waals surface area contributed by atoms with Crippen molar-refractivity contribution < 1.29 is 13.7 Å². The third-order valence-electron chi connectivity index (χ3n) is 2.50. The van der Waals surface area contributed by atoms with Crippen LogP contribution in [0.25, 0.3) is 0 Å². The van der Waals surface area contributed by atoms with Gasteiger partial charge in [-0.25, -0.2) is 18.8 Å². The second kappa shape index (κ2) is 5.86.